The zero-order chi connectivity index (χ0) is 13.0. The molecule has 0 unspecified atom stereocenters. The molecule has 5 nitrogen and oxygen atoms in total. The molecule has 0 saturated heterocycles. The van der Waals surface area contributed by atoms with Crippen LogP contribution in [-0.2, 0) is 4.79 Å². The Kier molecular flexibility index (Phi) is 3.21. The number of aliphatic carboxylic acids is 1. The first kappa shape index (κ1) is 11.6. The van der Waals surface area contributed by atoms with Crippen LogP contribution in [0.25, 0.3) is 11.3 Å². The van der Waals surface area contributed by atoms with Gasteiger partial charge in [0.15, 0.2) is 0 Å². The van der Waals surface area contributed by atoms with E-state index in [-0.39, 0.29) is 5.56 Å². The molecule has 1 heterocycles. The van der Waals surface area contributed by atoms with Gasteiger partial charge in [-0.05, 0) is 0 Å². The number of nitrogens with one attached hydrogen (secondary N) is 1. The van der Waals surface area contributed by atoms with Crippen LogP contribution < -0.4 is 5.56 Å². The lowest BCUT2D eigenvalue weighted by atomic mass is 10.1. The van der Waals surface area contributed by atoms with Gasteiger partial charge in [-0.2, -0.15) is 5.10 Å². The Morgan fingerprint density at radius 3 is 2.67 bits per heavy atom. The number of aromatic amines is 1. The first-order valence-electron chi connectivity index (χ1n) is 5.07. The van der Waals surface area contributed by atoms with Crippen molar-refractivity contribution in [3.05, 3.63) is 52.3 Å². The molecule has 0 fully saturated rings. The number of carbonyl (C=O) groups is 1. The topological polar surface area (TPSA) is 83.0 Å². The molecule has 2 N–H and O–H groups in total. The molecule has 0 aliphatic carbocycles. The third-order valence-corrected chi connectivity index (χ3v) is 2.16. The van der Waals surface area contributed by atoms with Crippen molar-refractivity contribution in [3.63, 3.8) is 0 Å². The average Bonchev–Trinajstić information content (AvgIpc) is 2.37. The Bertz CT molecular complexity index is 693. The predicted octanol–water partition coefficient (Wildman–Crippen LogP) is 0.873. The fraction of sp³-hybridized carbons (Fsp3) is 0. The summed E-state index contributed by atoms with van der Waals surface area (Å²) in [5, 5.41) is 14.7. The number of rotatable bonds is 1. The Morgan fingerprint density at radius 2 is 2.00 bits per heavy atom. The minimum absolute atomic E-state index is 0.285. The molecule has 1 aromatic heterocycles. The van der Waals surface area contributed by atoms with E-state index in [9.17, 15) is 9.59 Å². The van der Waals surface area contributed by atoms with Gasteiger partial charge >= 0.3 is 5.97 Å². The average molecular weight is 240 g/mol. The van der Waals surface area contributed by atoms with Crippen LogP contribution in [0.1, 0.15) is 5.56 Å². The maximum absolute atomic E-state index is 11.2. The zero-order valence-electron chi connectivity index (χ0n) is 9.18. The van der Waals surface area contributed by atoms with Gasteiger partial charge in [0.25, 0.3) is 5.56 Å². The van der Waals surface area contributed by atoms with E-state index < -0.39 is 11.5 Å². The highest BCUT2D eigenvalue weighted by Crippen LogP contribution is 2.18. The molecule has 88 valence electrons. The summed E-state index contributed by atoms with van der Waals surface area (Å²) in [5.74, 6) is 3.14. The van der Waals surface area contributed by atoms with Crippen molar-refractivity contribution in [3.8, 4) is 23.1 Å². The highest BCUT2D eigenvalue weighted by atomic mass is 16.4. The number of H-pyrrole nitrogens is 1. The van der Waals surface area contributed by atoms with Gasteiger partial charge in [0.2, 0.25) is 0 Å². The Labute approximate surface area is 102 Å². The van der Waals surface area contributed by atoms with Crippen LogP contribution in [0, 0.1) is 11.8 Å². The largest absolute Gasteiger partial charge is 0.472 e. The Balaban J connectivity index is 2.59. The van der Waals surface area contributed by atoms with Crippen LogP contribution in [0.15, 0.2) is 41.2 Å². The Hall–Kier alpha value is -2.87. The monoisotopic (exact) mass is 240 g/mol. The van der Waals surface area contributed by atoms with Gasteiger partial charge in [-0.25, -0.2) is 9.89 Å². The van der Waals surface area contributed by atoms with E-state index in [0.29, 0.717) is 5.69 Å². The van der Waals surface area contributed by atoms with Crippen LogP contribution >= 0.6 is 0 Å². The molecule has 0 aliphatic rings. The lowest BCUT2D eigenvalue weighted by molar-refractivity contribution is -0.130. The molecule has 5 heteroatoms. The quantitative estimate of drug-likeness (QED) is 0.724. The van der Waals surface area contributed by atoms with Gasteiger partial charge in [0, 0.05) is 17.6 Å². The van der Waals surface area contributed by atoms with Crippen molar-refractivity contribution in [1.29, 1.82) is 0 Å². The summed E-state index contributed by atoms with van der Waals surface area (Å²) < 4.78 is 0. The fourth-order valence-electron chi connectivity index (χ4n) is 1.44. The SMILES string of the molecule is O=C(O)C#Cc1cc(=O)[nH]nc1-c1ccccc1. The van der Waals surface area contributed by atoms with Gasteiger partial charge in [0.1, 0.15) is 5.69 Å². The van der Waals surface area contributed by atoms with Crippen LogP contribution in [0.4, 0.5) is 0 Å². The van der Waals surface area contributed by atoms with E-state index in [1.54, 1.807) is 12.1 Å². The standard InChI is InChI=1S/C13H8N2O3/c16-11-8-10(6-7-12(17)18)13(15-14-11)9-4-2-1-3-5-9/h1-5,8H,(H,14,16)(H,17,18). The third-order valence-electron chi connectivity index (χ3n) is 2.16. The molecule has 1 aromatic carbocycles. The second-order valence-corrected chi connectivity index (χ2v) is 3.42. The summed E-state index contributed by atoms with van der Waals surface area (Å²) in [6.07, 6.45) is 0. The van der Waals surface area contributed by atoms with Gasteiger partial charge in [-0.15, -0.1) is 0 Å². The van der Waals surface area contributed by atoms with Crippen LogP contribution in [-0.4, -0.2) is 21.3 Å². The number of carboxylic acids is 1. The normalized spacial score (nSPS) is 9.33. The van der Waals surface area contributed by atoms with Gasteiger partial charge in [0.05, 0.1) is 5.56 Å². The van der Waals surface area contributed by atoms with Gasteiger partial charge in [-0.1, -0.05) is 36.3 Å². The minimum Gasteiger partial charge on any atom is -0.472 e. The van der Waals surface area contributed by atoms with Gasteiger partial charge < -0.3 is 5.11 Å². The maximum Gasteiger partial charge on any atom is 0.382 e. The Morgan fingerprint density at radius 1 is 1.28 bits per heavy atom. The summed E-state index contributed by atoms with van der Waals surface area (Å²) >= 11 is 0. The van der Waals surface area contributed by atoms with Crippen LogP contribution in [0.5, 0.6) is 0 Å². The van der Waals surface area contributed by atoms with Crippen molar-refractivity contribution in [2.45, 2.75) is 0 Å². The predicted molar refractivity (Wildman–Crippen MR) is 64.8 cm³/mol. The number of benzene rings is 1. The lowest BCUT2D eigenvalue weighted by Crippen LogP contribution is -2.09. The summed E-state index contributed by atoms with van der Waals surface area (Å²) in [5.41, 5.74) is 1.06. The summed E-state index contributed by atoms with van der Waals surface area (Å²) in [6.45, 7) is 0. The first-order chi connectivity index (χ1) is 8.66. The second-order valence-electron chi connectivity index (χ2n) is 3.42. The van der Waals surface area contributed by atoms with E-state index in [1.165, 1.54) is 6.07 Å². The van der Waals surface area contributed by atoms with Crippen molar-refractivity contribution in [2.75, 3.05) is 0 Å². The maximum atomic E-state index is 11.2. The number of nitrogens with zero attached hydrogens (tertiary/aromatic N) is 1. The van der Waals surface area contributed by atoms with Crippen molar-refractivity contribution >= 4 is 5.97 Å². The molecule has 0 atom stereocenters. The minimum atomic E-state index is -1.26. The molecule has 2 aromatic rings. The molecule has 0 spiro atoms. The summed E-state index contributed by atoms with van der Waals surface area (Å²) in [6, 6.07) is 10.3. The summed E-state index contributed by atoms with van der Waals surface area (Å²) in [7, 11) is 0. The van der Waals surface area contributed by atoms with E-state index in [2.05, 4.69) is 16.1 Å². The molecule has 18 heavy (non-hydrogen) atoms. The van der Waals surface area contributed by atoms with Crippen molar-refractivity contribution < 1.29 is 9.90 Å². The second kappa shape index (κ2) is 4.97. The van der Waals surface area contributed by atoms with E-state index >= 15 is 0 Å². The molecule has 0 amide bonds. The number of hydrogen-bond acceptors (Lipinski definition) is 3. The van der Waals surface area contributed by atoms with Crippen molar-refractivity contribution in [1.82, 2.24) is 10.2 Å². The third kappa shape index (κ3) is 2.62. The highest BCUT2D eigenvalue weighted by molar-refractivity contribution is 5.87. The fourth-order valence-corrected chi connectivity index (χ4v) is 1.44. The molecule has 2 rings (SSSR count). The molecule has 0 aliphatic heterocycles. The highest BCUT2D eigenvalue weighted by Gasteiger charge is 2.05. The van der Waals surface area contributed by atoms with Crippen molar-refractivity contribution in [2.24, 2.45) is 0 Å². The molecule has 0 radical (unpaired) electrons. The van der Waals surface area contributed by atoms with E-state index in [4.69, 9.17) is 5.11 Å². The van der Waals surface area contributed by atoms with Crippen LogP contribution in [0.3, 0.4) is 0 Å². The zero-order valence-corrected chi connectivity index (χ0v) is 9.18. The number of carboxylic acid groups (broad SMARTS) is 1. The van der Waals surface area contributed by atoms with Crippen LogP contribution in [0.2, 0.25) is 0 Å². The molecular formula is C13H8N2O3. The lowest BCUT2D eigenvalue weighted by Gasteiger charge is -2.01. The van der Waals surface area contributed by atoms with Gasteiger partial charge in [-0.3, -0.25) is 4.79 Å². The molecular weight excluding hydrogens is 232 g/mol. The number of hydrogen-bond donors (Lipinski definition) is 2. The molecule has 0 bridgehead atoms. The van der Waals surface area contributed by atoms with E-state index in [1.807, 2.05) is 24.1 Å². The first-order valence-corrected chi connectivity index (χ1v) is 5.07. The summed E-state index contributed by atoms with van der Waals surface area (Å²) in [4.78, 5) is 21.6. The number of aromatic nitrogens is 2. The van der Waals surface area contributed by atoms with E-state index in [0.717, 1.165) is 5.56 Å². The molecule has 0 saturated carbocycles. The smallest absolute Gasteiger partial charge is 0.382 e.